The lowest BCUT2D eigenvalue weighted by Gasteiger charge is -2.17. The summed E-state index contributed by atoms with van der Waals surface area (Å²) in [7, 11) is 1.84. The first-order chi connectivity index (χ1) is 10.3. The van der Waals surface area contributed by atoms with Crippen molar-refractivity contribution in [3.05, 3.63) is 47.0 Å². The van der Waals surface area contributed by atoms with E-state index in [-0.39, 0.29) is 11.3 Å². The highest BCUT2D eigenvalue weighted by Gasteiger charge is 2.25. The third-order valence-electron chi connectivity index (χ3n) is 3.55. The molecule has 1 N–H and O–H groups in total. The summed E-state index contributed by atoms with van der Waals surface area (Å²) in [4.78, 5) is 16.8. The molecule has 0 saturated heterocycles. The number of carbonyl (C=O) groups excluding carboxylic acids is 1. The Kier molecular flexibility index (Phi) is 4.64. The summed E-state index contributed by atoms with van der Waals surface area (Å²) in [5.41, 5.74) is 3.47. The van der Waals surface area contributed by atoms with Crippen LogP contribution >= 0.6 is 0 Å². The van der Waals surface area contributed by atoms with Gasteiger partial charge in [0.15, 0.2) is 0 Å². The number of nitrogens with one attached hydrogen (secondary N) is 1. The van der Waals surface area contributed by atoms with Crippen LogP contribution in [0, 0.1) is 6.92 Å². The Bertz CT molecular complexity index is 668. The van der Waals surface area contributed by atoms with Crippen LogP contribution in [0.1, 0.15) is 48.1 Å². The Morgan fingerprint density at radius 1 is 1.36 bits per heavy atom. The molecule has 0 aliphatic heterocycles. The Morgan fingerprint density at radius 3 is 2.73 bits per heavy atom. The molecule has 0 radical (unpaired) electrons. The molecule has 118 valence electrons. The normalized spacial score (nSPS) is 11.5. The van der Waals surface area contributed by atoms with Gasteiger partial charge in [-0.15, -0.1) is 0 Å². The van der Waals surface area contributed by atoms with Crippen molar-refractivity contribution in [2.24, 2.45) is 7.05 Å². The van der Waals surface area contributed by atoms with Gasteiger partial charge in [-0.3, -0.25) is 14.5 Å². The second-order valence-corrected chi connectivity index (χ2v) is 6.59. The molecular formula is C17H24N4O. The van der Waals surface area contributed by atoms with E-state index in [9.17, 15) is 4.79 Å². The highest BCUT2D eigenvalue weighted by atomic mass is 16.1. The lowest BCUT2D eigenvalue weighted by Crippen LogP contribution is -2.28. The number of amides is 1. The molecule has 2 rings (SSSR count). The molecule has 0 aliphatic carbocycles. The minimum atomic E-state index is -0.161. The van der Waals surface area contributed by atoms with Crippen molar-refractivity contribution in [2.75, 3.05) is 6.54 Å². The van der Waals surface area contributed by atoms with Gasteiger partial charge < -0.3 is 5.32 Å². The minimum Gasteiger partial charge on any atom is -0.352 e. The molecular weight excluding hydrogens is 276 g/mol. The summed E-state index contributed by atoms with van der Waals surface area (Å²) in [5, 5.41) is 7.40. The van der Waals surface area contributed by atoms with Crippen molar-refractivity contribution in [1.82, 2.24) is 20.1 Å². The van der Waals surface area contributed by atoms with E-state index >= 15 is 0 Å². The van der Waals surface area contributed by atoms with Crippen LogP contribution in [-0.4, -0.2) is 27.2 Å². The molecule has 5 heteroatoms. The van der Waals surface area contributed by atoms with E-state index in [2.05, 4.69) is 36.2 Å². The minimum absolute atomic E-state index is 0.0772. The highest BCUT2D eigenvalue weighted by Crippen LogP contribution is 2.23. The van der Waals surface area contributed by atoms with Crippen LogP contribution in [0.4, 0.5) is 0 Å². The molecule has 0 aliphatic rings. The summed E-state index contributed by atoms with van der Waals surface area (Å²) < 4.78 is 1.69. The molecule has 1 amide bonds. The number of rotatable bonds is 4. The number of aryl methyl sites for hydroxylation is 2. The van der Waals surface area contributed by atoms with Gasteiger partial charge in [-0.25, -0.2) is 0 Å². The lowest BCUT2D eigenvalue weighted by molar-refractivity contribution is 0.0952. The van der Waals surface area contributed by atoms with Crippen molar-refractivity contribution in [3.8, 4) is 0 Å². The SMILES string of the molecule is Cc1cccnc1CCNC(=O)c1cn(C)nc1C(C)(C)C. The van der Waals surface area contributed by atoms with E-state index < -0.39 is 0 Å². The first-order valence-corrected chi connectivity index (χ1v) is 7.52. The Hall–Kier alpha value is -2.17. The molecule has 2 heterocycles. The summed E-state index contributed by atoms with van der Waals surface area (Å²) in [5.74, 6) is -0.0772. The van der Waals surface area contributed by atoms with Crippen molar-refractivity contribution in [2.45, 2.75) is 39.5 Å². The molecule has 0 aromatic carbocycles. The van der Waals surface area contributed by atoms with Gasteiger partial charge in [-0.1, -0.05) is 26.8 Å². The summed E-state index contributed by atoms with van der Waals surface area (Å²) >= 11 is 0. The second-order valence-electron chi connectivity index (χ2n) is 6.59. The van der Waals surface area contributed by atoms with E-state index in [1.165, 1.54) is 0 Å². The number of carbonyl (C=O) groups is 1. The fraction of sp³-hybridized carbons (Fsp3) is 0.471. The van der Waals surface area contributed by atoms with E-state index in [4.69, 9.17) is 0 Å². The van der Waals surface area contributed by atoms with E-state index in [0.717, 1.165) is 23.4 Å². The fourth-order valence-corrected chi connectivity index (χ4v) is 2.38. The van der Waals surface area contributed by atoms with Gasteiger partial charge in [0.2, 0.25) is 0 Å². The van der Waals surface area contributed by atoms with E-state index in [1.807, 2.05) is 26.1 Å². The maximum absolute atomic E-state index is 12.4. The lowest BCUT2D eigenvalue weighted by atomic mass is 9.89. The number of hydrogen-bond donors (Lipinski definition) is 1. The topological polar surface area (TPSA) is 59.8 Å². The van der Waals surface area contributed by atoms with Gasteiger partial charge in [0, 0.05) is 43.5 Å². The third kappa shape index (κ3) is 3.72. The van der Waals surface area contributed by atoms with Crippen LogP contribution in [0.5, 0.6) is 0 Å². The fourth-order valence-electron chi connectivity index (χ4n) is 2.38. The molecule has 22 heavy (non-hydrogen) atoms. The molecule has 0 spiro atoms. The molecule has 0 atom stereocenters. The van der Waals surface area contributed by atoms with Crippen molar-refractivity contribution in [1.29, 1.82) is 0 Å². The summed E-state index contributed by atoms with van der Waals surface area (Å²) in [6.07, 6.45) is 4.29. The monoisotopic (exact) mass is 300 g/mol. The highest BCUT2D eigenvalue weighted by molar-refractivity contribution is 5.95. The van der Waals surface area contributed by atoms with Crippen LogP contribution in [0.15, 0.2) is 24.5 Å². The maximum Gasteiger partial charge on any atom is 0.254 e. The molecule has 2 aromatic heterocycles. The molecule has 0 bridgehead atoms. The van der Waals surface area contributed by atoms with Gasteiger partial charge >= 0.3 is 0 Å². The van der Waals surface area contributed by atoms with Gasteiger partial charge in [0.1, 0.15) is 0 Å². The smallest absolute Gasteiger partial charge is 0.254 e. The summed E-state index contributed by atoms with van der Waals surface area (Å²) in [6.45, 7) is 8.77. The predicted octanol–water partition coefficient (Wildman–Crippen LogP) is 2.39. The molecule has 5 nitrogen and oxygen atoms in total. The van der Waals surface area contributed by atoms with Crippen LogP contribution in [-0.2, 0) is 18.9 Å². The van der Waals surface area contributed by atoms with Gasteiger partial charge in [-0.2, -0.15) is 5.10 Å². The van der Waals surface area contributed by atoms with E-state index in [1.54, 1.807) is 17.1 Å². The Labute approximate surface area is 131 Å². The molecule has 0 fully saturated rings. The predicted molar refractivity (Wildman–Crippen MR) is 86.9 cm³/mol. The van der Waals surface area contributed by atoms with Crippen molar-refractivity contribution >= 4 is 5.91 Å². The molecule has 0 unspecified atom stereocenters. The number of aromatic nitrogens is 3. The average molecular weight is 300 g/mol. The standard InChI is InChI=1S/C17H24N4O/c1-12-7-6-9-18-14(12)8-10-19-16(22)13-11-21(5)20-15(13)17(2,3)4/h6-7,9,11H,8,10H2,1-5H3,(H,19,22). The summed E-state index contributed by atoms with van der Waals surface area (Å²) in [6, 6.07) is 3.95. The largest absolute Gasteiger partial charge is 0.352 e. The Morgan fingerprint density at radius 2 is 2.09 bits per heavy atom. The zero-order valence-electron chi connectivity index (χ0n) is 14.0. The first kappa shape index (κ1) is 16.2. The van der Waals surface area contributed by atoms with Crippen molar-refractivity contribution in [3.63, 3.8) is 0 Å². The van der Waals surface area contributed by atoms with E-state index in [0.29, 0.717) is 12.1 Å². The van der Waals surface area contributed by atoms with Crippen molar-refractivity contribution < 1.29 is 4.79 Å². The first-order valence-electron chi connectivity index (χ1n) is 7.52. The molecule has 0 saturated carbocycles. The second kappa shape index (κ2) is 6.30. The molecule has 2 aromatic rings. The Balaban J connectivity index is 2.03. The van der Waals surface area contributed by atoms with Crippen LogP contribution in [0.3, 0.4) is 0 Å². The zero-order valence-corrected chi connectivity index (χ0v) is 14.0. The van der Waals surface area contributed by atoms with Crippen LogP contribution in [0.25, 0.3) is 0 Å². The van der Waals surface area contributed by atoms with Gasteiger partial charge in [0.05, 0.1) is 11.3 Å². The number of pyridine rings is 1. The zero-order chi connectivity index (χ0) is 16.3. The van der Waals surface area contributed by atoms with Gasteiger partial charge in [0.25, 0.3) is 5.91 Å². The third-order valence-corrected chi connectivity index (χ3v) is 3.55. The quantitative estimate of drug-likeness (QED) is 0.943. The number of hydrogen-bond acceptors (Lipinski definition) is 3. The van der Waals surface area contributed by atoms with Crippen LogP contribution < -0.4 is 5.32 Å². The maximum atomic E-state index is 12.4. The number of nitrogens with zero attached hydrogens (tertiary/aromatic N) is 3. The van der Waals surface area contributed by atoms with Gasteiger partial charge in [-0.05, 0) is 18.6 Å². The average Bonchev–Trinajstić information content (AvgIpc) is 2.83. The van der Waals surface area contributed by atoms with Crippen LogP contribution in [0.2, 0.25) is 0 Å².